The standard InChI is InChI=1S/C21H24ClF3N4O2S/c1-12-9-15(27-19(31)20(2,3)4)32-16(12)18(30)29-7-5-28(6-8-29)17-14(22)10-13(11-26-17)21(23,24)25/h9-11H,5-8H2,1-4H3,(H,27,31). The molecule has 3 rings (SSSR count). The van der Waals surface area contributed by atoms with Gasteiger partial charge in [0, 0.05) is 37.8 Å². The lowest BCUT2D eigenvalue weighted by molar-refractivity contribution is -0.137. The van der Waals surface area contributed by atoms with Gasteiger partial charge < -0.3 is 15.1 Å². The summed E-state index contributed by atoms with van der Waals surface area (Å²) in [4.78, 5) is 33.1. The molecule has 0 spiro atoms. The summed E-state index contributed by atoms with van der Waals surface area (Å²) in [7, 11) is 0. The van der Waals surface area contributed by atoms with E-state index in [4.69, 9.17) is 11.6 Å². The lowest BCUT2D eigenvalue weighted by Gasteiger charge is -2.35. The van der Waals surface area contributed by atoms with Gasteiger partial charge in [-0.25, -0.2) is 4.98 Å². The Morgan fingerprint density at radius 1 is 1.12 bits per heavy atom. The van der Waals surface area contributed by atoms with Crippen molar-refractivity contribution >= 4 is 45.6 Å². The Labute approximate surface area is 193 Å². The van der Waals surface area contributed by atoms with Crippen molar-refractivity contribution in [1.82, 2.24) is 9.88 Å². The van der Waals surface area contributed by atoms with Crippen molar-refractivity contribution in [3.8, 4) is 0 Å². The molecule has 1 saturated heterocycles. The molecule has 1 aliphatic heterocycles. The number of piperazine rings is 1. The first-order valence-electron chi connectivity index (χ1n) is 9.96. The Hall–Kier alpha value is -2.33. The second kappa shape index (κ2) is 8.90. The van der Waals surface area contributed by atoms with Gasteiger partial charge in [0.05, 0.1) is 20.5 Å². The number of thiophene rings is 1. The number of alkyl halides is 3. The third-order valence-electron chi connectivity index (χ3n) is 5.05. The minimum atomic E-state index is -4.51. The molecule has 11 heteroatoms. The van der Waals surface area contributed by atoms with Gasteiger partial charge in [-0.15, -0.1) is 11.3 Å². The van der Waals surface area contributed by atoms with Crippen LogP contribution in [0.5, 0.6) is 0 Å². The summed E-state index contributed by atoms with van der Waals surface area (Å²) < 4.78 is 38.5. The summed E-state index contributed by atoms with van der Waals surface area (Å²) >= 11 is 7.28. The molecular formula is C21H24ClF3N4O2S. The molecule has 1 N–H and O–H groups in total. The van der Waals surface area contributed by atoms with Gasteiger partial charge in [-0.3, -0.25) is 9.59 Å². The number of nitrogens with zero attached hydrogens (tertiary/aromatic N) is 3. The van der Waals surface area contributed by atoms with Crippen molar-refractivity contribution in [2.75, 3.05) is 36.4 Å². The van der Waals surface area contributed by atoms with Crippen LogP contribution in [0.3, 0.4) is 0 Å². The zero-order valence-corrected chi connectivity index (χ0v) is 19.7. The van der Waals surface area contributed by atoms with E-state index in [2.05, 4.69) is 10.3 Å². The number of hydrogen-bond donors (Lipinski definition) is 1. The molecule has 6 nitrogen and oxygen atoms in total. The Balaban J connectivity index is 1.66. The number of carbonyl (C=O) groups is 2. The molecule has 0 atom stereocenters. The summed E-state index contributed by atoms with van der Waals surface area (Å²) in [5.74, 6) is -0.00610. The minimum absolute atomic E-state index is 0.0760. The van der Waals surface area contributed by atoms with Crippen LogP contribution < -0.4 is 10.2 Å². The van der Waals surface area contributed by atoms with Crippen molar-refractivity contribution in [2.24, 2.45) is 5.41 Å². The third kappa shape index (κ3) is 5.35. The van der Waals surface area contributed by atoms with Gasteiger partial charge in [0.15, 0.2) is 0 Å². The van der Waals surface area contributed by atoms with E-state index in [1.807, 2.05) is 27.7 Å². The first-order valence-corrected chi connectivity index (χ1v) is 11.2. The molecule has 0 radical (unpaired) electrons. The number of amides is 2. The lowest BCUT2D eigenvalue weighted by atomic mass is 9.96. The zero-order valence-electron chi connectivity index (χ0n) is 18.1. The van der Waals surface area contributed by atoms with Crippen LogP contribution in [0.15, 0.2) is 18.3 Å². The average molecular weight is 489 g/mol. The molecule has 0 bridgehead atoms. The van der Waals surface area contributed by atoms with Crippen LogP contribution in [0.25, 0.3) is 0 Å². The van der Waals surface area contributed by atoms with E-state index in [1.165, 1.54) is 11.3 Å². The molecule has 0 aliphatic carbocycles. The van der Waals surface area contributed by atoms with E-state index in [0.717, 1.165) is 17.8 Å². The lowest BCUT2D eigenvalue weighted by Crippen LogP contribution is -2.49. The van der Waals surface area contributed by atoms with Crippen LogP contribution in [-0.2, 0) is 11.0 Å². The largest absolute Gasteiger partial charge is 0.417 e. The molecule has 32 heavy (non-hydrogen) atoms. The number of hydrogen-bond acceptors (Lipinski definition) is 5. The number of rotatable bonds is 3. The third-order valence-corrected chi connectivity index (χ3v) is 6.46. The fourth-order valence-electron chi connectivity index (χ4n) is 3.14. The second-order valence-corrected chi connectivity index (χ2v) is 10.1. The van der Waals surface area contributed by atoms with Crippen LogP contribution in [0.2, 0.25) is 5.02 Å². The smallest absolute Gasteiger partial charge is 0.352 e. The molecule has 2 aromatic rings. The molecule has 174 valence electrons. The highest BCUT2D eigenvalue weighted by atomic mass is 35.5. The molecule has 3 heterocycles. The number of aromatic nitrogens is 1. The predicted octanol–water partition coefficient (Wildman–Crippen LogP) is 5.07. The fraction of sp³-hybridized carbons (Fsp3) is 0.476. The number of nitrogens with one attached hydrogen (secondary N) is 1. The highest BCUT2D eigenvalue weighted by Crippen LogP contribution is 2.34. The first kappa shape index (κ1) is 24.3. The topological polar surface area (TPSA) is 65.5 Å². The minimum Gasteiger partial charge on any atom is -0.352 e. The zero-order chi connectivity index (χ0) is 23.8. The predicted molar refractivity (Wildman–Crippen MR) is 120 cm³/mol. The number of halogens is 4. The molecule has 0 saturated carbocycles. The SMILES string of the molecule is Cc1cc(NC(=O)C(C)(C)C)sc1C(=O)N1CCN(c2ncc(C(F)(F)F)cc2Cl)CC1. The van der Waals surface area contributed by atoms with Gasteiger partial charge in [-0.05, 0) is 24.6 Å². The average Bonchev–Trinajstić information content (AvgIpc) is 3.06. The van der Waals surface area contributed by atoms with E-state index >= 15 is 0 Å². The number of carbonyl (C=O) groups excluding carboxylic acids is 2. The van der Waals surface area contributed by atoms with E-state index in [0.29, 0.717) is 36.1 Å². The Morgan fingerprint density at radius 2 is 1.75 bits per heavy atom. The summed E-state index contributed by atoms with van der Waals surface area (Å²) in [5.41, 5.74) is -0.673. The van der Waals surface area contributed by atoms with Crippen LogP contribution in [0.4, 0.5) is 24.0 Å². The quantitative estimate of drug-likeness (QED) is 0.655. The van der Waals surface area contributed by atoms with Crippen LogP contribution in [0.1, 0.15) is 41.6 Å². The first-order chi connectivity index (χ1) is 14.8. The van der Waals surface area contributed by atoms with Gasteiger partial charge in [-0.1, -0.05) is 32.4 Å². The summed E-state index contributed by atoms with van der Waals surface area (Å²) in [5, 5.41) is 3.39. The molecule has 2 amide bonds. The van der Waals surface area contributed by atoms with E-state index in [1.54, 1.807) is 15.9 Å². The normalized spacial score (nSPS) is 15.1. The maximum atomic E-state index is 13.0. The highest BCUT2D eigenvalue weighted by Gasteiger charge is 2.33. The summed E-state index contributed by atoms with van der Waals surface area (Å²) in [6, 6.07) is 2.65. The van der Waals surface area contributed by atoms with Gasteiger partial charge in [0.2, 0.25) is 5.91 Å². The van der Waals surface area contributed by atoms with Crippen molar-refractivity contribution in [2.45, 2.75) is 33.9 Å². The molecular weight excluding hydrogens is 465 g/mol. The highest BCUT2D eigenvalue weighted by molar-refractivity contribution is 7.18. The monoisotopic (exact) mass is 488 g/mol. The van der Waals surface area contributed by atoms with E-state index in [9.17, 15) is 22.8 Å². The van der Waals surface area contributed by atoms with Gasteiger partial charge >= 0.3 is 6.18 Å². The number of aryl methyl sites for hydroxylation is 1. The maximum Gasteiger partial charge on any atom is 0.417 e. The molecule has 1 fully saturated rings. The Morgan fingerprint density at radius 3 is 2.28 bits per heavy atom. The summed E-state index contributed by atoms with van der Waals surface area (Å²) in [6.07, 6.45) is -3.74. The Bertz CT molecular complexity index is 1030. The van der Waals surface area contributed by atoms with Gasteiger partial charge in [-0.2, -0.15) is 13.2 Å². The van der Waals surface area contributed by atoms with Gasteiger partial charge in [0.1, 0.15) is 5.82 Å². The fourth-order valence-corrected chi connectivity index (χ4v) is 4.46. The van der Waals surface area contributed by atoms with Crippen molar-refractivity contribution in [3.05, 3.63) is 39.4 Å². The molecule has 1 aliphatic rings. The van der Waals surface area contributed by atoms with Crippen molar-refractivity contribution in [3.63, 3.8) is 0 Å². The molecule has 0 unspecified atom stereocenters. The summed E-state index contributed by atoms with van der Waals surface area (Å²) in [6.45, 7) is 8.78. The van der Waals surface area contributed by atoms with Crippen LogP contribution >= 0.6 is 22.9 Å². The molecule has 0 aromatic carbocycles. The maximum absolute atomic E-state index is 13.0. The van der Waals surface area contributed by atoms with Crippen LogP contribution in [0, 0.1) is 12.3 Å². The van der Waals surface area contributed by atoms with E-state index < -0.39 is 17.2 Å². The van der Waals surface area contributed by atoms with E-state index in [-0.39, 0.29) is 22.7 Å². The van der Waals surface area contributed by atoms with Crippen molar-refractivity contribution < 1.29 is 22.8 Å². The van der Waals surface area contributed by atoms with Crippen LogP contribution in [-0.4, -0.2) is 47.9 Å². The van der Waals surface area contributed by atoms with Crippen molar-refractivity contribution in [1.29, 1.82) is 0 Å². The second-order valence-electron chi connectivity index (χ2n) is 8.63. The van der Waals surface area contributed by atoms with Gasteiger partial charge in [0.25, 0.3) is 5.91 Å². The number of pyridine rings is 1. The molecule has 2 aromatic heterocycles. The number of anilines is 2. The Kier molecular flexibility index (Phi) is 6.76.